The van der Waals surface area contributed by atoms with Crippen LogP contribution in [0.3, 0.4) is 0 Å². The van der Waals surface area contributed by atoms with E-state index in [1.165, 1.54) is 5.56 Å². The van der Waals surface area contributed by atoms with Crippen LogP contribution in [-0.4, -0.2) is 18.6 Å². The second-order valence-corrected chi connectivity index (χ2v) is 4.47. The molecule has 0 bridgehead atoms. The molecule has 1 saturated carbocycles. The van der Waals surface area contributed by atoms with Gasteiger partial charge in [0.1, 0.15) is 5.75 Å². The van der Waals surface area contributed by atoms with Crippen LogP contribution in [-0.2, 0) is 11.3 Å². The Balaban J connectivity index is 1.78. The lowest BCUT2D eigenvalue weighted by molar-refractivity contribution is -0.00623. The van der Waals surface area contributed by atoms with Crippen molar-refractivity contribution in [3.05, 3.63) is 29.8 Å². The average molecular weight is 227 g/mol. The van der Waals surface area contributed by atoms with E-state index >= 15 is 0 Å². The largest absolute Gasteiger partial charge is 0.497 e. The maximum absolute atomic E-state index is 5.87. The SMILES string of the molecule is COc1ccc(COC2CC(Cl)C2)cc1. The van der Waals surface area contributed by atoms with Crippen LogP contribution >= 0.6 is 11.6 Å². The molecule has 0 amide bonds. The van der Waals surface area contributed by atoms with E-state index in [2.05, 4.69) is 0 Å². The van der Waals surface area contributed by atoms with Crippen molar-refractivity contribution in [1.82, 2.24) is 0 Å². The topological polar surface area (TPSA) is 18.5 Å². The Morgan fingerprint density at radius 1 is 1.27 bits per heavy atom. The molecule has 0 unspecified atom stereocenters. The standard InChI is InChI=1S/C12H15ClO2/c1-14-11-4-2-9(3-5-11)8-15-12-6-10(13)7-12/h2-5,10,12H,6-8H2,1H3. The van der Waals surface area contributed by atoms with Crippen LogP contribution in [0.15, 0.2) is 24.3 Å². The molecule has 82 valence electrons. The third-order valence-corrected chi connectivity index (χ3v) is 3.04. The molecule has 0 aliphatic heterocycles. The number of hydrogen-bond donors (Lipinski definition) is 0. The van der Waals surface area contributed by atoms with Gasteiger partial charge in [-0.1, -0.05) is 12.1 Å². The molecule has 0 N–H and O–H groups in total. The highest BCUT2D eigenvalue weighted by Gasteiger charge is 2.27. The molecular formula is C12H15ClO2. The molecule has 0 spiro atoms. The second-order valence-electron chi connectivity index (χ2n) is 3.85. The Kier molecular flexibility index (Phi) is 3.49. The molecule has 1 aromatic carbocycles. The average Bonchev–Trinajstić information content (AvgIpc) is 2.23. The summed E-state index contributed by atoms with van der Waals surface area (Å²) in [6.45, 7) is 0.665. The molecule has 2 nitrogen and oxygen atoms in total. The van der Waals surface area contributed by atoms with Crippen molar-refractivity contribution in [2.24, 2.45) is 0 Å². The number of benzene rings is 1. The van der Waals surface area contributed by atoms with E-state index in [1.54, 1.807) is 7.11 Å². The number of ether oxygens (including phenoxy) is 2. The molecule has 2 rings (SSSR count). The van der Waals surface area contributed by atoms with Gasteiger partial charge >= 0.3 is 0 Å². The minimum Gasteiger partial charge on any atom is -0.497 e. The quantitative estimate of drug-likeness (QED) is 0.735. The van der Waals surface area contributed by atoms with Crippen LogP contribution < -0.4 is 4.74 Å². The number of halogens is 1. The monoisotopic (exact) mass is 226 g/mol. The predicted octanol–water partition coefficient (Wildman–Crippen LogP) is 2.98. The molecule has 0 atom stereocenters. The van der Waals surface area contributed by atoms with E-state index in [-0.39, 0.29) is 0 Å². The minimum atomic E-state index is 0.325. The Morgan fingerprint density at radius 3 is 2.47 bits per heavy atom. The van der Waals surface area contributed by atoms with Crippen molar-refractivity contribution in [3.63, 3.8) is 0 Å². The zero-order chi connectivity index (χ0) is 10.7. The second kappa shape index (κ2) is 4.86. The van der Waals surface area contributed by atoms with Crippen LogP contribution in [0.25, 0.3) is 0 Å². The Morgan fingerprint density at radius 2 is 1.93 bits per heavy atom. The fraction of sp³-hybridized carbons (Fsp3) is 0.500. The number of methoxy groups -OCH3 is 1. The summed E-state index contributed by atoms with van der Waals surface area (Å²) in [5.41, 5.74) is 1.17. The van der Waals surface area contributed by atoms with E-state index in [0.717, 1.165) is 18.6 Å². The van der Waals surface area contributed by atoms with Crippen LogP contribution in [0, 0.1) is 0 Å². The lowest BCUT2D eigenvalue weighted by Gasteiger charge is -2.30. The number of rotatable bonds is 4. The molecule has 3 heteroatoms. The first-order chi connectivity index (χ1) is 7.28. The molecule has 1 aliphatic rings. The summed E-state index contributed by atoms with van der Waals surface area (Å²) in [5, 5.41) is 0.325. The summed E-state index contributed by atoms with van der Waals surface area (Å²) in [4.78, 5) is 0. The zero-order valence-corrected chi connectivity index (χ0v) is 9.54. The van der Waals surface area contributed by atoms with E-state index < -0.39 is 0 Å². The van der Waals surface area contributed by atoms with E-state index in [1.807, 2.05) is 24.3 Å². The van der Waals surface area contributed by atoms with Crippen molar-refractivity contribution < 1.29 is 9.47 Å². The van der Waals surface area contributed by atoms with Crippen LogP contribution in [0.5, 0.6) is 5.75 Å². The first kappa shape index (κ1) is 10.8. The van der Waals surface area contributed by atoms with Crippen LogP contribution in [0.4, 0.5) is 0 Å². The van der Waals surface area contributed by atoms with Gasteiger partial charge in [0.25, 0.3) is 0 Å². The van der Waals surface area contributed by atoms with Crippen molar-refractivity contribution in [2.45, 2.75) is 30.9 Å². The van der Waals surface area contributed by atoms with Gasteiger partial charge in [0.15, 0.2) is 0 Å². The number of alkyl halides is 1. The van der Waals surface area contributed by atoms with E-state index in [9.17, 15) is 0 Å². The number of hydrogen-bond acceptors (Lipinski definition) is 2. The predicted molar refractivity (Wildman–Crippen MR) is 60.4 cm³/mol. The molecule has 0 saturated heterocycles. The van der Waals surface area contributed by atoms with Crippen molar-refractivity contribution in [1.29, 1.82) is 0 Å². The summed E-state index contributed by atoms with van der Waals surface area (Å²) < 4.78 is 10.8. The normalized spacial score (nSPS) is 24.7. The third-order valence-electron chi connectivity index (χ3n) is 2.68. The molecule has 0 aromatic heterocycles. The molecule has 0 radical (unpaired) electrons. The van der Waals surface area contributed by atoms with Gasteiger partial charge in [-0.15, -0.1) is 11.6 Å². The highest BCUT2D eigenvalue weighted by molar-refractivity contribution is 6.21. The molecule has 15 heavy (non-hydrogen) atoms. The molecular weight excluding hydrogens is 212 g/mol. The van der Waals surface area contributed by atoms with Gasteiger partial charge in [0.2, 0.25) is 0 Å². The summed E-state index contributed by atoms with van der Waals surface area (Å²) in [6, 6.07) is 7.94. The molecule has 0 heterocycles. The fourth-order valence-electron chi connectivity index (χ4n) is 1.57. The van der Waals surface area contributed by atoms with Crippen LogP contribution in [0.1, 0.15) is 18.4 Å². The minimum absolute atomic E-state index is 0.325. The summed E-state index contributed by atoms with van der Waals surface area (Å²) in [6.07, 6.45) is 2.32. The lowest BCUT2D eigenvalue weighted by atomic mass is 9.95. The Hall–Kier alpha value is -0.730. The highest BCUT2D eigenvalue weighted by Crippen LogP contribution is 2.28. The lowest BCUT2D eigenvalue weighted by Crippen LogP contribution is -2.31. The molecule has 1 aliphatic carbocycles. The maximum atomic E-state index is 5.87. The third kappa shape index (κ3) is 2.86. The maximum Gasteiger partial charge on any atom is 0.118 e. The van der Waals surface area contributed by atoms with Gasteiger partial charge in [-0.05, 0) is 30.5 Å². The fourth-order valence-corrected chi connectivity index (χ4v) is 1.97. The van der Waals surface area contributed by atoms with Crippen molar-refractivity contribution in [2.75, 3.05) is 7.11 Å². The Labute approximate surface area is 95.1 Å². The van der Waals surface area contributed by atoms with Gasteiger partial charge < -0.3 is 9.47 Å². The van der Waals surface area contributed by atoms with Gasteiger partial charge in [-0.25, -0.2) is 0 Å². The zero-order valence-electron chi connectivity index (χ0n) is 8.78. The molecule has 1 aromatic rings. The molecule has 1 fully saturated rings. The van der Waals surface area contributed by atoms with Crippen molar-refractivity contribution >= 4 is 11.6 Å². The van der Waals surface area contributed by atoms with Crippen molar-refractivity contribution in [3.8, 4) is 5.75 Å². The van der Waals surface area contributed by atoms with E-state index in [4.69, 9.17) is 21.1 Å². The first-order valence-corrected chi connectivity index (χ1v) is 5.60. The van der Waals surface area contributed by atoms with Gasteiger partial charge in [-0.2, -0.15) is 0 Å². The van der Waals surface area contributed by atoms with E-state index in [0.29, 0.717) is 18.1 Å². The summed E-state index contributed by atoms with van der Waals surface area (Å²) >= 11 is 5.87. The first-order valence-electron chi connectivity index (χ1n) is 5.16. The van der Waals surface area contributed by atoms with Gasteiger partial charge in [-0.3, -0.25) is 0 Å². The van der Waals surface area contributed by atoms with Gasteiger partial charge in [0.05, 0.1) is 19.8 Å². The highest BCUT2D eigenvalue weighted by atomic mass is 35.5. The Bertz CT molecular complexity index is 304. The van der Waals surface area contributed by atoms with Crippen LogP contribution in [0.2, 0.25) is 0 Å². The smallest absolute Gasteiger partial charge is 0.118 e. The summed E-state index contributed by atoms with van der Waals surface area (Å²) in [5.74, 6) is 0.878. The summed E-state index contributed by atoms with van der Waals surface area (Å²) in [7, 11) is 1.67. The van der Waals surface area contributed by atoms with Gasteiger partial charge in [0, 0.05) is 5.38 Å².